The van der Waals surface area contributed by atoms with Crippen molar-refractivity contribution in [1.29, 1.82) is 0 Å². The van der Waals surface area contributed by atoms with E-state index in [1.54, 1.807) is 14.2 Å². The van der Waals surface area contributed by atoms with Gasteiger partial charge in [-0.1, -0.05) is 28.9 Å². The summed E-state index contributed by atoms with van der Waals surface area (Å²) in [7, 11) is 3.21. The predicted octanol–water partition coefficient (Wildman–Crippen LogP) is 3.77. The molecule has 0 aliphatic heterocycles. The van der Waals surface area contributed by atoms with Crippen LogP contribution in [0.4, 0.5) is 0 Å². The maximum atomic E-state index is 12.0. The van der Waals surface area contributed by atoms with Gasteiger partial charge in [0.2, 0.25) is 0 Å². The summed E-state index contributed by atoms with van der Waals surface area (Å²) in [6.45, 7) is 2.58. The molecule has 0 heterocycles. The van der Waals surface area contributed by atoms with E-state index in [4.69, 9.17) is 14.2 Å². The summed E-state index contributed by atoms with van der Waals surface area (Å²) >= 11 is 3.44. The highest BCUT2D eigenvalue weighted by Crippen LogP contribution is 2.27. The van der Waals surface area contributed by atoms with Gasteiger partial charge in [-0.05, 0) is 54.3 Å². The van der Waals surface area contributed by atoms with E-state index < -0.39 is 0 Å². The van der Waals surface area contributed by atoms with Gasteiger partial charge in [0, 0.05) is 11.0 Å². The summed E-state index contributed by atoms with van der Waals surface area (Å²) in [5.41, 5.74) is 2.13. The SMILES string of the molecule is CCc1cc(Br)ccc1OCC(=O)NCCc1ccc(OC)c(OC)c1. The van der Waals surface area contributed by atoms with Crippen LogP contribution >= 0.6 is 15.9 Å². The van der Waals surface area contributed by atoms with Crippen molar-refractivity contribution < 1.29 is 19.0 Å². The van der Waals surface area contributed by atoms with Crippen LogP contribution in [0.2, 0.25) is 0 Å². The van der Waals surface area contributed by atoms with Crippen LogP contribution in [-0.4, -0.2) is 33.3 Å². The molecular formula is C20H24BrNO4. The van der Waals surface area contributed by atoms with Gasteiger partial charge in [0.25, 0.3) is 5.91 Å². The van der Waals surface area contributed by atoms with Crippen LogP contribution in [0, 0.1) is 0 Å². The summed E-state index contributed by atoms with van der Waals surface area (Å²) in [5.74, 6) is 1.97. The van der Waals surface area contributed by atoms with Crippen LogP contribution in [0.5, 0.6) is 17.2 Å². The molecule has 0 atom stereocenters. The Labute approximate surface area is 162 Å². The van der Waals surface area contributed by atoms with Gasteiger partial charge in [0.15, 0.2) is 18.1 Å². The Morgan fingerprint density at radius 2 is 1.77 bits per heavy atom. The molecule has 0 radical (unpaired) electrons. The van der Waals surface area contributed by atoms with E-state index >= 15 is 0 Å². The van der Waals surface area contributed by atoms with Gasteiger partial charge in [-0.2, -0.15) is 0 Å². The lowest BCUT2D eigenvalue weighted by Crippen LogP contribution is -2.30. The van der Waals surface area contributed by atoms with E-state index in [-0.39, 0.29) is 12.5 Å². The number of halogens is 1. The van der Waals surface area contributed by atoms with Crippen LogP contribution in [0.25, 0.3) is 0 Å². The standard InChI is InChI=1S/C20H24BrNO4/c1-4-15-12-16(21)6-8-17(15)26-13-20(23)22-10-9-14-5-7-18(24-2)19(11-14)25-3/h5-8,11-12H,4,9-10,13H2,1-3H3,(H,22,23). The number of rotatable bonds is 9. The second kappa shape index (κ2) is 10.1. The minimum Gasteiger partial charge on any atom is -0.493 e. The average Bonchev–Trinajstić information content (AvgIpc) is 2.66. The Morgan fingerprint density at radius 1 is 1.04 bits per heavy atom. The number of aryl methyl sites for hydroxylation is 1. The Kier molecular flexibility index (Phi) is 7.78. The van der Waals surface area contributed by atoms with Gasteiger partial charge in [-0.15, -0.1) is 0 Å². The monoisotopic (exact) mass is 421 g/mol. The van der Waals surface area contributed by atoms with E-state index in [1.165, 1.54) is 0 Å². The van der Waals surface area contributed by atoms with E-state index in [1.807, 2.05) is 36.4 Å². The topological polar surface area (TPSA) is 56.8 Å². The van der Waals surface area contributed by atoms with Crippen LogP contribution in [-0.2, 0) is 17.6 Å². The third kappa shape index (κ3) is 5.66. The second-order valence-corrected chi connectivity index (χ2v) is 6.60. The Hall–Kier alpha value is -2.21. The van der Waals surface area contributed by atoms with Crippen LogP contribution < -0.4 is 19.5 Å². The fourth-order valence-corrected chi connectivity index (χ4v) is 2.95. The highest BCUT2D eigenvalue weighted by atomic mass is 79.9. The molecule has 2 aromatic rings. The highest BCUT2D eigenvalue weighted by Gasteiger charge is 2.08. The summed E-state index contributed by atoms with van der Waals surface area (Å²) in [4.78, 5) is 12.0. The fraction of sp³-hybridized carbons (Fsp3) is 0.350. The van der Waals surface area contributed by atoms with Gasteiger partial charge in [0.1, 0.15) is 5.75 Å². The lowest BCUT2D eigenvalue weighted by molar-refractivity contribution is -0.123. The Balaban J connectivity index is 1.81. The molecule has 0 saturated heterocycles. The van der Waals surface area contributed by atoms with Crippen LogP contribution in [0.3, 0.4) is 0 Å². The van der Waals surface area contributed by atoms with Crippen LogP contribution in [0.15, 0.2) is 40.9 Å². The van der Waals surface area contributed by atoms with Crippen LogP contribution in [0.1, 0.15) is 18.1 Å². The van der Waals surface area contributed by atoms with E-state index in [2.05, 4.69) is 28.2 Å². The minimum atomic E-state index is -0.143. The average molecular weight is 422 g/mol. The Bertz CT molecular complexity index is 749. The molecule has 0 aliphatic carbocycles. The molecule has 0 aromatic heterocycles. The number of carbonyl (C=O) groups excluding carboxylic acids is 1. The molecule has 6 heteroatoms. The third-order valence-corrected chi connectivity index (χ3v) is 4.44. The maximum Gasteiger partial charge on any atom is 0.257 e. The summed E-state index contributed by atoms with van der Waals surface area (Å²) < 4.78 is 17.2. The fourth-order valence-electron chi connectivity index (χ4n) is 2.54. The first-order valence-electron chi connectivity index (χ1n) is 8.46. The summed E-state index contributed by atoms with van der Waals surface area (Å²) in [5, 5.41) is 2.87. The molecule has 0 bridgehead atoms. The minimum absolute atomic E-state index is 0.000562. The molecule has 26 heavy (non-hydrogen) atoms. The number of hydrogen-bond donors (Lipinski definition) is 1. The number of amides is 1. The molecule has 2 aromatic carbocycles. The zero-order valence-electron chi connectivity index (χ0n) is 15.3. The quantitative estimate of drug-likeness (QED) is 0.669. The molecule has 2 rings (SSSR count). The van der Waals surface area contributed by atoms with Crippen molar-refractivity contribution in [2.45, 2.75) is 19.8 Å². The number of ether oxygens (including phenoxy) is 3. The van der Waals surface area contributed by atoms with Gasteiger partial charge in [-0.25, -0.2) is 0 Å². The predicted molar refractivity (Wildman–Crippen MR) is 105 cm³/mol. The molecular weight excluding hydrogens is 398 g/mol. The Morgan fingerprint density at radius 3 is 2.46 bits per heavy atom. The normalized spacial score (nSPS) is 10.3. The van der Waals surface area contributed by atoms with E-state index in [9.17, 15) is 4.79 Å². The zero-order valence-corrected chi connectivity index (χ0v) is 16.9. The number of methoxy groups -OCH3 is 2. The van der Waals surface area contributed by atoms with Crippen molar-refractivity contribution in [2.75, 3.05) is 27.4 Å². The maximum absolute atomic E-state index is 12.0. The summed E-state index contributed by atoms with van der Waals surface area (Å²) in [6, 6.07) is 11.5. The molecule has 5 nitrogen and oxygen atoms in total. The zero-order chi connectivity index (χ0) is 18.9. The van der Waals surface area contributed by atoms with Crippen molar-refractivity contribution in [3.05, 3.63) is 52.0 Å². The molecule has 1 amide bonds. The van der Waals surface area contributed by atoms with Gasteiger partial charge < -0.3 is 19.5 Å². The number of nitrogens with one attached hydrogen (secondary N) is 1. The first kappa shape index (κ1) is 20.1. The van der Waals surface area contributed by atoms with Crippen molar-refractivity contribution in [3.63, 3.8) is 0 Å². The summed E-state index contributed by atoms with van der Waals surface area (Å²) in [6.07, 6.45) is 1.54. The van der Waals surface area contributed by atoms with E-state index in [0.717, 1.165) is 27.8 Å². The number of hydrogen-bond acceptors (Lipinski definition) is 4. The molecule has 0 spiro atoms. The number of carbonyl (C=O) groups is 1. The molecule has 0 saturated carbocycles. The van der Waals surface area contributed by atoms with Crippen molar-refractivity contribution in [3.8, 4) is 17.2 Å². The second-order valence-electron chi connectivity index (χ2n) is 5.68. The number of benzene rings is 2. The first-order valence-corrected chi connectivity index (χ1v) is 9.25. The smallest absolute Gasteiger partial charge is 0.257 e. The van der Waals surface area contributed by atoms with Gasteiger partial charge >= 0.3 is 0 Å². The third-order valence-electron chi connectivity index (χ3n) is 3.95. The molecule has 140 valence electrons. The van der Waals surface area contributed by atoms with Crippen molar-refractivity contribution in [2.24, 2.45) is 0 Å². The molecule has 0 fully saturated rings. The highest BCUT2D eigenvalue weighted by molar-refractivity contribution is 9.10. The van der Waals surface area contributed by atoms with E-state index in [0.29, 0.717) is 24.5 Å². The largest absolute Gasteiger partial charge is 0.493 e. The van der Waals surface area contributed by atoms with Crippen molar-refractivity contribution >= 4 is 21.8 Å². The van der Waals surface area contributed by atoms with Gasteiger partial charge in [-0.3, -0.25) is 4.79 Å². The molecule has 1 N–H and O–H groups in total. The lowest BCUT2D eigenvalue weighted by Gasteiger charge is -2.12. The van der Waals surface area contributed by atoms with Crippen molar-refractivity contribution in [1.82, 2.24) is 5.32 Å². The lowest BCUT2D eigenvalue weighted by atomic mass is 10.1. The van der Waals surface area contributed by atoms with Gasteiger partial charge in [0.05, 0.1) is 14.2 Å². The molecule has 0 aliphatic rings. The molecule has 0 unspecified atom stereocenters. The first-order chi connectivity index (χ1) is 12.6.